The van der Waals surface area contributed by atoms with Crippen LogP contribution in [0.15, 0.2) is 0 Å². The van der Waals surface area contributed by atoms with Gasteiger partial charge in [0.05, 0.1) is 0 Å². The summed E-state index contributed by atoms with van der Waals surface area (Å²) in [5.41, 5.74) is 0. The minimum atomic E-state index is -0.775. The summed E-state index contributed by atoms with van der Waals surface area (Å²) in [4.78, 5) is 13.8. The Hall–Kier alpha value is -0.353. The lowest BCUT2D eigenvalue weighted by Gasteiger charge is -2.03. The zero-order chi connectivity index (χ0) is 9.23. The summed E-state index contributed by atoms with van der Waals surface area (Å²) in [7, 11) is -0.775. The molecule has 3 nitrogen and oxygen atoms in total. The van der Waals surface area contributed by atoms with E-state index in [0.717, 1.165) is 25.9 Å². The fraction of sp³-hybridized carbons (Fsp3) is 0.875. The molecule has 1 amide bonds. The number of unbranched alkanes of at least 4 members (excludes halogenated alkanes) is 1. The van der Waals surface area contributed by atoms with E-state index >= 15 is 0 Å². The number of carbonyl (C=O) groups excluding carboxylic acids is 1. The van der Waals surface area contributed by atoms with E-state index in [9.17, 15) is 4.79 Å². The molecule has 0 aliphatic heterocycles. The normalized spacial score (nSPS) is 10.8. The van der Waals surface area contributed by atoms with Crippen molar-refractivity contribution in [3.05, 3.63) is 0 Å². The molecule has 0 saturated heterocycles. The molecule has 4 heteroatoms. The third-order valence-corrected chi connectivity index (χ3v) is 2.51. The van der Waals surface area contributed by atoms with Crippen LogP contribution in [-0.4, -0.2) is 22.4 Å². The molecular formula is C8H19NO2Si. The number of carbonyl (C=O) groups is 1. The number of nitrogens with one attached hydrogen (secondary N) is 1. The van der Waals surface area contributed by atoms with Gasteiger partial charge in [-0.25, -0.2) is 0 Å². The zero-order valence-electron chi connectivity index (χ0n) is 8.06. The van der Waals surface area contributed by atoms with Gasteiger partial charge in [0.15, 0.2) is 0 Å². The first-order valence-electron chi connectivity index (χ1n) is 4.65. The molecule has 0 aromatic rings. The first kappa shape index (κ1) is 11.6. The highest BCUT2D eigenvalue weighted by Crippen LogP contribution is 1.92. The molecular weight excluding hydrogens is 170 g/mol. The molecule has 0 heterocycles. The third kappa shape index (κ3) is 7.75. The van der Waals surface area contributed by atoms with E-state index in [1.54, 1.807) is 0 Å². The zero-order valence-corrected chi connectivity index (χ0v) is 9.47. The largest absolute Gasteiger partial charge is 0.404 e. The molecule has 0 radical (unpaired) electrons. The lowest BCUT2D eigenvalue weighted by molar-refractivity contribution is -0.119. The van der Waals surface area contributed by atoms with Crippen LogP contribution in [0.3, 0.4) is 0 Å². The first-order valence-corrected chi connectivity index (χ1v) is 5.94. The van der Waals surface area contributed by atoms with Gasteiger partial charge in [-0.1, -0.05) is 20.3 Å². The fourth-order valence-electron chi connectivity index (χ4n) is 0.774. The summed E-state index contributed by atoms with van der Waals surface area (Å²) >= 11 is 0. The molecule has 0 bridgehead atoms. The second-order valence-corrected chi connectivity index (χ2v) is 3.81. The lowest BCUT2D eigenvalue weighted by Crippen LogP contribution is -2.29. The van der Waals surface area contributed by atoms with Crippen LogP contribution in [0.4, 0.5) is 0 Å². The van der Waals surface area contributed by atoms with E-state index in [2.05, 4.69) is 18.8 Å². The van der Waals surface area contributed by atoms with Crippen LogP contribution in [0.25, 0.3) is 0 Å². The Labute approximate surface area is 76.9 Å². The molecule has 0 aliphatic carbocycles. The van der Waals surface area contributed by atoms with Crippen LogP contribution in [0, 0.1) is 0 Å². The number of amides is 1. The molecule has 12 heavy (non-hydrogen) atoms. The first-order chi connectivity index (χ1) is 5.81. The SMILES string of the molecule is CCCCC(=O)N[SiH2]OCCC. The summed E-state index contributed by atoms with van der Waals surface area (Å²) in [6, 6.07) is 0. The molecule has 0 aliphatic rings. The van der Waals surface area contributed by atoms with Gasteiger partial charge in [-0.2, -0.15) is 0 Å². The van der Waals surface area contributed by atoms with Gasteiger partial charge in [-0.15, -0.1) is 0 Å². The standard InChI is InChI=1S/C8H19NO2Si/c1-3-5-6-8(10)9-12-11-7-4-2/h3-7,12H2,1-2H3,(H,9,10). The van der Waals surface area contributed by atoms with E-state index in [4.69, 9.17) is 4.43 Å². The Balaban J connectivity index is 3.08. The highest BCUT2D eigenvalue weighted by atomic mass is 28.2. The molecule has 0 aromatic heterocycles. The summed E-state index contributed by atoms with van der Waals surface area (Å²) in [5, 5.41) is 0. The van der Waals surface area contributed by atoms with Gasteiger partial charge in [0, 0.05) is 13.0 Å². The van der Waals surface area contributed by atoms with Gasteiger partial charge < -0.3 is 9.41 Å². The van der Waals surface area contributed by atoms with Crippen LogP contribution < -0.4 is 4.98 Å². The number of hydrogen-bond donors (Lipinski definition) is 1. The predicted octanol–water partition coefficient (Wildman–Crippen LogP) is 0.718. The van der Waals surface area contributed by atoms with E-state index < -0.39 is 9.92 Å². The van der Waals surface area contributed by atoms with Crippen molar-refractivity contribution in [3.8, 4) is 0 Å². The van der Waals surface area contributed by atoms with Crippen LogP contribution in [0.1, 0.15) is 39.5 Å². The maximum absolute atomic E-state index is 11.0. The van der Waals surface area contributed by atoms with Crippen molar-refractivity contribution >= 4 is 15.8 Å². The van der Waals surface area contributed by atoms with E-state index in [-0.39, 0.29) is 5.91 Å². The summed E-state index contributed by atoms with van der Waals surface area (Å²) in [6.45, 7) is 4.92. The van der Waals surface area contributed by atoms with Crippen LogP contribution in [0.2, 0.25) is 0 Å². The van der Waals surface area contributed by atoms with Crippen molar-refractivity contribution in [1.82, 2.24) is 4.98 Å². The monoisotopic (exact) mass is 189 g/mol. The molecule has 0 rings (SSSR count). The smallest absolute Gasteiger partial charge is 0.267 e. The number of rotatable bonds is 7. The van der Waals surface area contributed by atoms with E-state index in [0.29, 0.717) is 6.42 Å². The Morgan fingerprint density at radius 1 is 1.42 bits per heavy atom. The van der Waals surface area contributed by atoms with Crippen molar-refractivity contribution in [1.29, 1.82) is 0 Å². The average Bonchev–Trinajstić information content (AvgIpc) is 2.09. The topological polar surface area (TPSA) is 38.3 Å². The second-order valence-electron chi connectivity index (χ2n) is 2.76. The van der Waals surface area contributed by atoms with E-state index in [1.807, 2.05) is 0 Å². The van der Waals surface area contributed by atoms with Crippen molar-refractivity contribution in [2.24, 2.45) is 0 Å². The molecule has 0 aromatic carbocycles. The maximum Gasteiger partial charge on any atom is 0.267 e. The highest BCUT2D eigenvalue weighted by Gasteiger charge is 1.98. The Bertz CT molecular complexity index is 120. The van der Waals surface area contributed by atoms with Crippen molar-refractivity contribution in [3.63, 3.8) is 0 Å². The van der Waals surface area contributed by atoms with Crippen LogP contribution in [-0.2, 0) is 9.22 Å². The third-order valence-electron chi connectivity index (χ3n) is 1.48. The van der Waals surface area contributed by atoms with Gasteiger partial charge >= 0.3 is 0 Å². The van der Waals surface area contributed by atoms with Gasteiger partial charge in [0.1, 0.15) is 0 Å². The van der Waals surface area contributed by atoms with Crippen molar-refractivity contribution in [2.75, 3.05) is 6.61 Å². The Morgan fingerprint density at radius 3 is 2.75 bits per heavy atom. The molecule has 72 valence electrons. The molecule has 0 saturated carbocycles. The van der Waals surface area contributed by atoms with E-state index in [1.165, 1.54) is 0 Å². The quantitative estimate of drug-likeness (QED) is 0.473. The van der Waals surface area contributed by atoms with Gasteiger partial charge in [-0.05, 0) is 12.8 Å². The minimum Gasteiger partial charge on any atom is -0.404 e. The van der Waals surface area contributed by atoms with Crippen LogP contribution in [0.5, 0.6) is 0 Å². The van der Waals surface area contributed by atoms with Gasteiger partial charge in [0.25, 0.3) is 9.92 Å². The summed E-state index contributed by atoms with van der Waals surface area (Å²) in [5.74, 6) is 0.152. The molecule has 1 N–H and O–H groups in total. The van der Waals surface area contributed by atoms with Crippen molar-refractivity contribution in [2.45, 2.75) is 39.5 Å². The molecule has 0 atom stereocenters. The van der Waals surface area contributed by atoms with Gasteiger partial charge in [0.2, 0.25) is 5.91 Å². The Morgan fingerprint density at radius 2 is 2.17 bits per heavy atom. The highest BCUT2D eigenvalue weighted by molar-refractivity contribution is 6.29. The fourth-order valence-corrected chi connectivity index (χ4v) is 1.65. The lowest BCUT2D eigenvalue weighted by atomic mass is 10.2. The summed E-state index contributed by atoms with van der Waals surface area (Å²) < 4.78 is 5.24. The molecule has 0 unspecified atom stereocenters. The maximum atomic E-state index is 11.0. The second kappa shape index (κ2) is 8.74. The number of hydrogen-bond acceptors (Lipinski definition) is 2. The Kier molecular flexibility index (Phi) is 8.48. The minimum absolute atomic E-state index is 0.152. The predicted molar refractivity (Wildman–Crippen MR) is 52.5 cm³/mol. The summed E-state index contributed by atoms with van der Waals surface area (Å²) in [6.07, 6.45) is 3.73. The molecule has 0 spiro atoms. The van der Waals surface area contributed by atoms with Crippen LogP contribution >= 0.6 is 0 Å². The average molecular weight is 189 g/mol. The van der Waals surface area contributed by atoms with Crippen molar-refractivity contribution < 1.29 is 9.22 Å². The van der Waals surface area contributed by atoms with Gasteiger partial charge in [-0.3, -0.25) is 4.79 Å². The molecule has 0 fully saturated rings.